The van der Waals surface area contributed by atoms with E-state index < -0.39 is 15.8 Å². The van der Waals surface area contributed by atoms with Gasteiger partial charge in [-0.1, -0.05) is 12.1 Å². The second-order valence-corrected chi connectivity index (χ2v) is 9.44. The summed E-state index contributed by atoms with van der Waals surface area (Å²) in [5.41, 5.74) is 1.49. The number of esters is 1. The SMILES string of the molecule is COC(=O)C1CCN(C(=O)c2ccc(N(Cc3ccc(F)cc3)S(C)(=O)=O)cc2)CC1. The van der Waals surface area contributed by atoms with Crippen LogP contribution in [0.1, 0.15) is 28.8 Å². The fraction of sp³-hybridized carbons (Fsp3) is 0.364. The van der Waals surface area contributed by atoms with E-state index in [0.717, 1.165) is 6.26 Å². The molecule has 0 atom stereocenters. The fourth-order valence-electron chi connectivity index (χ4n) is 3.59. The third-order valence-electron chi connectivity index (χ3n) is 5.36. The van der Waals surface area contributed by atoms with Crippen molar-refractivity contribution in [1.82, 2.24) is 4.90 Å². The smallest absolute Gasteiger partial charge is 0.308 e. The van der Waals surface area contributed by atoms with Gasteiger partial charge in [0.1, 0.15) is 5.82 Å². The summed E-state index contributed by atoms with van der Waals surface area (Å²) in [5, 5.41) is 0. The Balaban J connectivity index is 1.72. The molecule has 0 aliphatic carbocycles. The number of benzene rings is 2. The molecular formula is C22H25FN2O5S. The van der Waals surface area contributed by atoms with Gasteiger partial charge in [0, 0.05) is 18.7 Å². The Kier molecular flexibility index (Phi) is 6.94. The average Bonchev–Trinajstić information content (AvgIpc) is 2.77. The quantitative estimate of drug-likeness (QED) is 0.635. The zero-order valence-corrected chi connectivity index (χ0v) is 18.3. The lowest BCUT2D eigenvalue weighted by atomic mass is 9.96. The molecule has 31 heavy (non-hydrogen) atoms. The van der Waals surface area contributed by atoms with Crippen LogP contribution in [0.15, 0.2) is 48.5 Å². The zero-order valence-electron chi connectivity index (χ0n) is 17.5. The molecule has 1 heterocycles. The van der Waals surface area contributed by atoms with Gasteiger partial charge in [0.05, 0.1) is 31.5 Å². The average molecular weight is 449 g/mol. The molecule has 166 valence electrons. The van der Waals surface area contributed by atoms with Gasteiger partial charge in [0.2, 0.25) is 10.0 Å². The normalized spacial score (nSPS) is 14.9. The van der Waals surface area contributed by atoms with Crippen molar-refractivity contribution < 1.29 is 27.1 Å². The number of carbonyl (C=O) groups is 2. The summed E-state index contributed by atoms with van der Waals surface area (Å²) in [4.78, 5) is 26.1. The lowest BCUT2D eigenvalue weighted by Crippen LogP contribution is -2.40. The largest absolute Gasteiger partial charge is 0.469 e. The van der Waals surface area contributed by atoms with Gasteiger partial charge < -0.3 is 9.64 Å². The van der Waals surface area contributed by atoms with E-state index >= 15 is 0 Å². The lowest BCUT2D eigenvalue weighted by molar-refractivity contribution is -0.146. The summed E-state index contributed by atoms with van der Waals surface area (Å²) < 4.78 is 43.8. The molecule has 7 nitrogen and oxygen atoms in total. The maximum Gasteiger partial charge on any atom is 0.308 e. The summed E-state index contributed by atoms with van der Waals surface area (Å²) in [5.74, 6) is -1.00. The molecule has 1 aliphatic rings. The molecule has 1 saturated heterocycles. The number of nitrogens with zero attached hydrogens (tertiary/aromatic N) is 2. The Bertz CT molecular complexity index is 1030. The highest BCUT2D eigenvalue weighted by molar-refractivity contribution is 7.92. The van der Waals surface area contributed by atoms with Gasteiger partial charge in [-0.3, -0.25) is 13.9 Å². The van der Waals surface area contributed by atoms with Crippen LogP contribution in [0.2, 0.25) is 0 Å². The van der Waals surface area contributed by atoms with E-state index in [9.17, 15) is 22.4 Å². The van der Waals surface area contributed by atoms with E-state index in [1.54, 1.807) is 29.2 Å². The van der Waals surface area contributed by atoms with Crippen molar-refractivity contribution in [3.63, 3.8) is 0 Å². The summed E-state index contributed by atoms with van der Waals surface area (Å²) in [7, 11) is -2.24. The van der Waals surface area contributed by atoms with Crippen LogP contribution >= 0.6 is 0 Å². The Morgan fingerprint density at radius 2 is 1.65 bits per heavy atom. The maximum absolute atomic E-state index is 13.1. The summed E-state index contributed by atoms with van der Waals surface area (Å²) in [6, 6.07) is 12.0. The van der Waals surface area contributed by atoms with Crippen LogP contribution in [0.4, 0.5) is 10.1 Å². The van der Waals surface area contributed by atoms with Crippen LogP contribution in [-0.4, -0.2) is 51.6 Å². The van der Waals surface area contributed by atoms with Gasteiger partial charge >= 0.3 is 5.97 Å². The first-order valence-electron chi connectivity index (χ1n) is 9.88. The third-order valence-corrected chi connectivity index (χ3v) is 6.50. The number of likely N-dealkylation sites (tertiary alicyclic amines) is 1. The molecule has 1 aliphatic heterocycles. The third kappa shape index (κ3) is 5.61. The highest BCUT2D eigenvalue weighted by Gasteiger charge is 2.28. The van der Waals surface area contributed by atoms with Gasteiger partial charge in [0.25, 0.3) is 5.91 Å². The highest BCUT2D eigenvalue weighted by atomic mass is 32.2. The second kappa shape index (κ2) is 9.47. The van der Waals surface area contributed by atoms with Gasteiger partial charge in [-0.2, -0.15) is 0 Å². The molecule has 0 unspecified atom stereocenters. The minimum Gasteiger partial charge on any atom is -0.469 e. The number of hydrogen-bond acceptors (Lipinski definition) is 5. The number of ether oxygens (including phenoxy) is 1. The van der Waals surface area contributed by atoms with Gasteiger partial charge in [-0.25, -0.2) is 12.8 Å². The van der Waals surface area contributed by atoms with Crippen LogP contribution in [0, 0.1) is 11.7 Å². The molecule has 9 heteroatoms. The van der Waals surface area contributed by atoms with Crippen molar-refractivity contribution in [3.8, 4) is 0 Å². The summed E-state index contributed by atoms with van der Waals surface area (Å²) in [6.07, 6.45) is 2.20. The second-order valence-electron chi connectivity index (χ2n) is 7.53. The molecule has 1 amide bonds. The number of piperidine rings is 1. The molecule has 3 rings (SSSR count). The van der Waals surface area contributed by atoms with E-state index in [0.29, 0.717) is 42.7 Å². The van der Waals surface area contributed by atoms with Crippen molar-refractivity contribution in [3.05, 3.63) is 65.5 Å². The maximum atomic E-state index is 13.1. The summed E-state index contributed by atoms with van der Waals surface area (Å²) >= 11 is 0. The predicted molar refractivity (Wildman–Crippen MR) is 115 cm³/mol. The first kappa shape index (κ1) is 22.7. The van der Waals surface area contributed by atoms with E-state index in [2.05, 4.69) is 0 Å². The molecule has 2 aromatic carbocycles. The monoisotopic (exact) mass is 448 g/mol. The van der Waals surface area contributed by atoms with Crippen LogP contribution in [-0.2, 0) is 26.1 Å². The molecule has 2 aromatic rings. The van der Waals surface area contributed by atoms with Gasteiger partial charge in [-0.15, -0.1) is 0 Å². The van der Waals surface area contributed by atoms with Crippen molar-refractivity contribution in [2.45, 2.75) is 19.4 Å². The van der Waals surface area contributed by atoms with Crippen LogP contribution < -0.4 is 4.31 Å². The number of methoxy groups -OCH3 is 1. The summed E-state index contributed by atoms with van der Waals surface area (Å²) in [6.45, 7) is 0.966. The molecule has 1 fully saturated rings. The Morgan fingerprint density at radius 3 is 2.16 bits per heavy atom. The van der Waals surface area contributed by atoms with E-state index in [1.165, 1.54) is 35.7 Å². The number of carbonyl (C=O) groups excluding carboxylic acids is 2. The van der Waals surface area contributed by atoms with Crippen LogP contribution in [0.3, 0.4) is 0 Å². The minimum absolute atomic E-state index is 0.0491. The van der Waals surface area contributed by atoms with E-state index in [4.69, 9.17) is 4.74 Å². The van der Waals surface area contributed by atoms with Crippen molar-refractivity contribution in [1.29, 1.82) is 0 Å². The molecule has 0 spiro atoms. The fourth-order valence-corrected chi connectivity index (χ4v) is 4.48. The predicted octanol–water partition coefficient (Wildman–Crippen LogP) is 2.82. The Morgan fingerprint density at radius 1 is 1.06 bits per heavy atom. The number of amides is 1. The van der Waals surface area contributed by atoms with E-state index in [1.807, 2.05) is 0 Å². The molecule has 0 saturated carbocycles. The number of sulfonamides is 1. The minimum atomic E-state index is -3.60. The van der Waals surface area contributed by atoms with Crippen molar-refractivity contribution in [2.24, 2.45) is 5.92 Å². The van der Waals surface area contributed by atoms with Crippen molar-refractivity contribution >= 4 is 27.6 Å². The Hall–Kier alpha value is -2.94. The first-order chi connectivity index (χ1) is 14.7. The molecule has 0 aromatic heterocycles. The van der Waals surface area contributed by atoms with Crippen molar-refractivity contribution in [2.75, 3.05) is 30.8 Å². The van der Waals surface area contributed by atoms with Gasteiger partial charge in [0.15, 0.2) is 0 Å². The lowest BCUT2D eigenvalue weighted by Gasteiger charge is -2.31. The van der Waals surface area contributed by atoms with Gasteiger partial charge in [-0.05, 0) is 54.8 Å². The first-order valence-corrected chi connectivity index (χ1v) is 11.7. The Labute approximate surface area is 181 Å². The molecule has 0 bridgehead atoms. The topological polar surface area (TPSA) is 84.0 Å². The number of halogens is 1. The number of rotatable bonds is 6. The highest BCUT2D eigenvalue weighted by Crippen LogP contribution is 2.24. The number of hydrogen-bond donors (Lipinski definition) is 0. The van der Waals surface area contributed by atoms with Crippen LogP contribution in [0.5, 0.6) is 0 Å². The van der Waals surface area contributed by atoms with E-state index in [-0.39, 0.29) is 24.3 Å². The standard InChI is InChI=1S/C22H25FN2O5S/c1-30-22(27)18-11-13-24(14-12-18)21(26)17-5-9-20(10-6-17)25(31(2,28)29)15-16-3-7-19(23)8-4-16/h3-10,18H,11-15H2,1-2H3. The molecule has 0 radical (unpaired) electrons. The molecule has 0 N–H and O–H groups in total. The number of anilines is 1. The molecular weight excluding hydrogens is 423 g/mol. The zero-order chi connectivity index (χ0) is 22.6. The van der Waals surface area contributed by atoms with Crippen LogP contribution in [0.25, 0.3) is 0 Å².